The second-order valence-electron chi connectivity index (χ2n) is 4.88. The van der Waals surface area contributed by atoms with E-state index in [0.717, 1.165) is 25.0 Å². The molecule has 0 spiro atoms. The summed E-state index contributed by atoms with van der Waals surface area (Å²) in [5.41, 5.74) is 0. The fourth-order valence-corrected chi connectivity index (χ4v) is 2.76. The normalized spacial score (nSPS) is 35.4. The summed E-state index contributed by atoms with van der Waals surface area (Å²) in [5.74, 6) is 0.872. The molecule has 0 aromatic heterocycles. The van der Waals surface area contributed by atoms with Gasteiger partial charge in [0.05, 0.1) is 6.10 Å². The molecule has 1 saturated carbocycles. The molecule has 0 bridgehead atoms. The zero-order valence-corrected chi connectivity index (χ0v) is 11.0. The van der Waals surface area contributed by atoms with E-state index in [-0.39, 0.29) is 6.10 Å². The number of β-amino-alcohol motifs (C(OH)–C–C–N with tert-alkyl or cyclic N) is 1. The van der Waals surface area contributed by atoms with E-state index in [9.17, 15) is 5.11 Å². The fraction of sp³-hybridized carbons (Fsp3) is 0.857. The molecule has 2 rings (SSSR count). The molecule has 2 heteroatoms. The van der Waals surface area contributed by atoms with E-state index >= 15 is 0 Å². The van der Waals surface area contributed by atoms with Crippen LogP contribution in [0.25, 0.3) is 0 Å². The van der Waals surface area contributed by atoms with Gasteiger partial charge in [0.25, 0.3) is 0 Å². The van der Waals surface area contributed by atoms with Crippen LogP contribution in [0, 0.1) is 5.92 Å². The first kappa shape index (κ1) is 13.7. The zero-order chi connectivity index (χ0) is 12.0. The maximum Gasteiger partial charge on any atom is 0.0848 e. The maximum atomic E-state index is 9.55. The first-order chi connectivity index (χ1) is 7.75. The summed E-state index contributed by atoms with van der Waals surface area (Å²) < 4.78 is 0. The van der Waals surface area contributed by atoms with Crippen LogP contribution in [0.2, 0.25) is 0 Å². The summed E-state index contributed by atoms with van der Waals surface area (Å²) in [6, 6.07) is 0.721. The Morgan fingerprint density at radius 1 is 1.25 bits per heavy atom. The summed E-state index contributed by atoms with van der Waals surface area (Å²) in [5, 5.41) is 9.55. The van der Waals surface area contributed by atoms with Crippen LogP contribution in [0.1, 0.15) is 46.5 Å². The molecule has 16 heavy (non-hydrogen) atoms. The second kappa shape index (κ2) is 7.08. The summed E-state index contributed by atoms with van der Waals surface area (Å²) in [6.45, 7) is 8.23. The van der Waals surface area contributed by atoms with Gasteiger partial charge in [0.15, 0.2) is 0 Å². The van der Waals surface area contributed by atoms with Crippen molar-refractivity contribution in [1.29, 1.82) is 0 Å². The SMILES string of the molecule is CC.CC1CCCC(N2CC=CC(O)C2)C1. The third-order valence-corrected chi connectivity index (χ3v) is 3.54. The third kappa shape index (κ3) is 3.91. The molecule has 2 nitrogen and oxygen atoms in total. The smallest absolute Gasteiger partial charge is 0.0848 e. The van der Waals surface area contributed by atoms with Crippen molar-refractivity contribution in [3.8, 4) is 0 Å². The summed E-state index contributed by atoms with van der Waals surface area (Å²) in [7, 11) is 0. The highest BCUT2D eigenvalue weighted by Gasteiger charge is 2.26. The van der Waals surface area contributed by atoms with Gasteiger partial charge in [-0.3, -0.25) is 4.90 Å². The lowest BCUT2D eigenvalue weighted by atomic mass is 9.86. The van der Waals surface area contributed by atoms with E-state index in [1.165, 1.54) is 25.7 Å². The van der Waals surface area contributed by atoms with Gasteiger partial charge in [-0.1, -0.05) is 45.8 Å². The van der Waals surface area contributed by atoms with Crippen LogP contribution in [0.4, 0.5) is 0 Å². The molecular formula is C14H27NO. The minimum absolute atomic E-state index is 0.235. The first-order valence-electron chi connectivity index (χ1n) is 6.84. The molecule has 0 aromatic rings. The molecule has 3 unspecified atom stereocenters. The van der Waals surface area contributed by atoms with Crippen LogP contribution in [0.15, 0.2) is 12.2 Å². The van der Waals surface area contributed by atoms with Crippen molar-refractivity contribution in [1.82, 2.24) is 4.90 Å². The van der Waals surface area contributed by atoms with E-state index < -0.39 is 0 Å². The van der Waals surface area contributed by atoms with E-state index in [1.807, 2.05) is 19.9 Å². The zero-order valence-electron chi connectivity index (χ0n) is 11.0. The Balaban J connectivity index is 0.000000606. The van der Waals surface area contributed by atoms with Gasteiger partial charge in [-0.15, -0.1) is 0 Å². The van der Waals surface area contributed by atoms with E-state index in [0.29, 0.717) is 0 Å². The molecule has 0 amide bonds. The molecule has 0 aromatic carbocycles. The Kier molecular flexibility index (Phi) is 6.07. The van der Waals surface area contributed by atoms with Crippen LogP contribution < -0.4 is 0 Å². The van der Waals surface area contributed by atoms with E-state index in [4.69, 9.17) is 0 Å². The fourth-order valence-electron chi connectivity index (χ4n) is 2.76. The lowest BCUT2D eigenvalue weighted by Gasteiger charge is -2.38. The number of hydrogen-bond acceptors (Lipinski definition) is 2. The summed E-state index contributed by atoms with van der Waals surface area (Å²) in [4.78, 5) is 2.44. The number of nitrogens with zero attached hydrogens (tertiary/aromatic N) is 1. The van der Waals surface area contributed by atoms with Gasteiger partial charge in [0.1, 0.15) is 0 Å². The Bertz CT molecular complexity index is 215. The van der Waals surface area contributed by atoms with Crippen molar-refractivity contribution in [2.24, 2.45) is 5.92 Å². The average molecular weight is 225 g/mol. The second-order valence-corrected chi connectivity index (χ2v) is 4.88. The molecule has 0 radical (unpaired) electrons. The molecule has 1 heterocycles. The van der Waals surface area contributed by atoms with Crippen LogP contribution >= 0.6 is 0 Å². The van der Waals surface area contributed by atoms with Gasteiger partial charge in [0, 0.05) is 19.1 Å². The Labute approximate surface area is 100 Å². The van der Waals surface area contributed by atoms with Gasteiger partial charge in [-0.2, -0.15) is 0 Å². The van der Waals surface area contributed by atoms with Crippen LogP contribution in [0.3, 0.4) is 0 Å². The number of rotatable bonds is 1. The maximum absolute atomic E-state index is 9.55. The van der Waals surface area contributed by atoms with Gasteiger partial charge in [0.2, 0.25) is 0 Å². The quantitative estimate of drug-likeness (QED) is 0.694. The van der Waals surface area contributed by atoms with Gasteiger partial charge in [-0.05, 0) is 18.8 Å². The first-order valence-corrected chi connectivity index (χ1v) is 6.84. The molecule has 1 aliphatic heterocycles. The average Bonchev–Trinajstić information content (AvgIpc) is 2.32. The molecule has 1 aliphatic carbocycles. The summed E-state index contributed by atoms with van der Waals surface area (Å²) in [6.07, 6.45) is 9.19. The van der Waals surface area contributed by atoms with Crippen molar-refractivity contribution in [2.75, 3.05) is 13.1 Å². The topological polar surface area (TPSA) is 23.5 Å². The van der Waals surface area contributed by atoms with Crippen LogP contribution in [-0.2, 0) is 0 Å². The molecular weight excluding hydrogens is 198 g/mol. The van der Waals surface area contributed by atoms with Crippen molar-refractivity contribution < 1.29 is 5.11 Å². The predicted molar refractivity (Wildman–Crippen MR) is 69.5 cm³/mol. The molecule has 1 fully saturated rings. The van der Waals surface area contributed by atoms with Gasteiger partial charge >= 0.3 is 0 Å². The van der Waals surface area contributed by atoms with Crippen LogP contribution in [-0.4, -0.2) is 35.2 Å². The molecule has 1 N–H and O–H groups in total. The Morgan fingerprint density at radius 2 is 2.00 bits per heavy atom. The molecule has 3 atom stereocenters. The van der Waals surface area contributed by atoms with Crippen molar-refractivity contribution >= 4 is 0 Å². The molecule has 0 saturated heterocycles. The lowest BCUT2D eigenvalue weighted by molar-refractivity contribution is 0.0856. The van der Waals surface area contributed by atoms with Crippen molar-refractivity contribution in [3.63, 3.8) is 0 Å². The lowest BCUT2D eigenvalue weighted by Crippen LogP contribution is -2.44. The predicted octanol–water partition coefficient (Wildman–Crippen LogP) is 2.82. The monoisotopic (exact) mass is 225 g/mol. The standard InChI is InChI=1S/C12H21NO.C2H6/c1-10-4-2-5-11(8-10)13-7-3-6-12(14)9-13;1-2/h3,6,10-12,14H,2,4-5,7-9H2,1H3;1-2H3. The van der Waals surface area contributed by atoms with E-state index in [2.05, 4.69) is 17.9 Å². The molecule has 94 valence electrons. The van der Waals surface area contributed by atoms with Crippen LogP contribution in [0.5, 0.6) is 0 Å². The van der Waals surface area contributed by atoms with E-state index in [1.54, 1.807) is 0 Å². The van der Waals surface area contributed by atoms with Crippen molar-refractivity contribution in [2.45, 2.75) is 58.6 Å². The van der Waals surface area contributed by atoms with Gasteiger partial charge in [-0.25, -0.2) is 0 Å². The third-order valence-electron chi connectivity index (χ3n) is 3.54. The highest BCUT2D eigenvalue weighted by molar-refractivity contribution is 4.99. The molecule has 2 aliphatic rings. The highest BCUT2D eigenvalue weighted by Crippen LogP contribution is 2.28. The minimum atomic E-state index is -0.235. The van der Waals surface area contributed by atoms with Gasteiger partial charge < -0.3 is 5.11 Å². The number of aliphatic hydroxyl groups excluding tert-OH is 1. The Morgan fingerprint density at radius 3 is 2.62 bits per heavy atom. The summed E-state index contributed by atoms with van der Waals surface area (Å²) >= 11 is 0. The highest BCUT2D eigenvalue weighted by atomic mass is 16.3. The Hall–Kier alpha value is -0.340. The largest absolute Gasteiger partial charge is 0.388 e. The number of hydrogen-bond donors (Lipinski definition) is 1. The number of aliphatic hydroxyl groups is 1. The van der Waals surface area contributed by atoms with Crippen molar-refractivity contribution in [3.05, 3.63) is 12.2 Å². The minimum Gasteiger partial charge on any atom is -0.388 e.